The summed E-state index contributed by atoms with van der Waals surface area (Å²) in [5.41, 5.74) is 5.79. The molecule has 1 aromatic carbocycles. The average molecular weight is 274 g/mol. The summed E-state index contributed by atoms with van der Waals surface area (Å²) in [6.07, 6.45) is 5.53. The lowest BCUT2D eigenvalue weighted by Crippen LogP contribution is -2.45. The summed E-state index contributed by atoms with van der Waals surface area (Å²) in [7, 11) is 0. The Morgan fingerprint density at radius 3 is 2.50 bits per heavy atom. The summed E-state index contributed by atoms with van der Waals surface area (Å²) in [5.74, 6) is 6.97. The Kier molecular flexibility index (Phi) is 4.11. The summed E-state index contributed by atoms with van der Waals surface area (Å²) in [6, 6.07) is 9.30. The van der Waals surface area contributed by atoms with Crippen molar-refractivity contribution in [2.75, 3.05) is 0 Å². The lowest BCUT2D eigenvalue weighted by molar-refractivity contribution is 0.0857. The van der Waals surface area contributed by atoms with Gasteiger partial charge in [0.2, 0.25) is 0 Å². The van der Waals surface area contributed by atoms with Crippen LogP contribution in [0, 0.1) is 5.92 Å². The van der Waals surface area contributed by atoms with Gasteiger partial charge in [-0.2, -0.15) is 0 Å². The lowest BCUT2D eigenvalue weighted by atomic mass is 9.81. The van der Waals surface area contributed by atoms with E-state index in [1.165, 1.54) is 30.4 Å². The van der Waals surface area contributed by atoms with Gasteiger partial charge in [-0.25, -0.2) is 0 Å². The highest BCUT2D eigenvalue weighted by molar-refractivity contribution is 5.25. The van der Waals surface area contributed by atoms with Crippen molar-refractivity contribution in [2.24, 2.45) is 11.8 Å². The number of nitrogens with one attached hydrogen (secondary N) is 1. The first-order valence-corrected chi connectivity index (χ1v) is 7.87. The van der Waals surface area contributed by atoms with Gasteiger partial charge in [0.15, 0.2) is 0 Å². The first-order chi connectivity index (χ1) is 9.67. The van der Waals surface area contributed by atoms with Crippen LogP contribution in [-0.4, -0.2) is 18.2 Å². The van der Waals surface area contributed by atoms with Crippen molar-refractivity contribution in [1.29, 1.82) is 0 Å². The Balaban J connectivity index is 1.65. The van der Waals surface area contributed by atoms with Gasteiger partial charge in [0.1, 0.15) is 0 Å². The van der Waals surface area contributed by atoms with Gasteiger partial charge in [-0.05, 0) is 42.7 Å². The third-order valence-corrected chi connectivity index (χ3v) is 4.99. The number of hydrogen-bond acceptors (Lipinski definition) is 3. The van der Waals surface area contributed by atoms with E-state index in [2.05, 4.69) is 43.5 Å². The highest BCUT2D eigenvalue weighted by Crippen LogP contribution is 2.40. The Labute approximate surface area is 121 Å². The van der Waals surface area contributed by atoms with Crippen molar-refractivity contribution in [3.63, 3.8) is 0 Å². The number of rotatable bonds is 5. The SMILES string of the molecule is CC(C)c1ccc(CC(NN)C2CC3CCC2O3)cc1. The molecule has 20 heavy (non-hydrogen) atoms. The normalized spacial score (nSPS) is 30.1. The summed E-state index contributed by atoms with van der Waals surface area (Å²) < 4.78 is 5.96. The molecule has 2 fully saturated rings. The molecule has 4 atom stereocenters. The Bertz CT molecular complexity index is 443. The molecule has 2 saturated heterocycles. The summed E-state index contributed by atoms with van der Waals surface area (Å²) in [6.45, 7) is 4.46. The van der Waals surface area contributed by atoms with Crippen molar-refractivity contribution in [3.05, 3.63) is 35.4 Å². The van der Waals surface area contributed by atoms with Crippen LogP contribution in [0.15, 0.2) is 24.3 Å². The van der Waals surface area contributed by atoms with E-state index < -0.39 is 0 Å². The maximum absolute atomic E-state index is 5.96. The molecule has 0 radical (unpaired) electrons. The lowest BCUT2D eigenvalue weighted by Gasteiger charge is -2.28. The molecular formula is C17H26N2O. The minimum absolute atomic E-state index is 0.329. The molecule has 2 bridgehead atoms. The third kappa shape index (κ3) is 2.76. The molecule has 1 aromatic rings. The van der Waals surface area contributed by atoms with Crippen LogP contribution in [0.3, 0.4) is 0 Å². The minimum Gasteiger partial charge on any atom is -0.375 e. The largest absolute Gasteiger partial charge is 0.375 e. The molecule has 0 aromatic heterocycles. The van der Waals surface area contributed by atoms with E-state index in [4.69, 9.17) is 10.6 Å². The quantitative estimate of drug-likeness (QED) is 0.641. The zero-order valence-corrected chi connectivity index (χ0v) is 12.5. The van der Waals surface area contributed by atoms with Gasteiger partial charge >= 0.3 is 0 Å². The van der Waals surface area contributed by atoms with E-state index >= 15 is 0 Å². The first kappa shape index (κ1) is 14.1. The van der Waals surface area contributed by atoms with Crippen molar-refractivity contribution < 1.29 is 4.74 Å². The molecule has 3 N–H and O–H groups in total. The van der Waals surface area contributed by atoms with Gasteiger partial charge in [0.05, 0.1) is 12.2 Å². The second kappa shape index (κ2) is 5.84. The standard InChI is InChI=1S/C17H26N2O/c1-11(2)13-5-3-12(4-6-13)9-16(19-18)15-10-14-7-8-17(15)20-14/h3-6,11,14-17,19H,7-10,18H2,1-2H3. The van der Waals surface area contributed by atoms with Gasteiger partial charge in [-0.3, -0.25) is 11.3 Å². The van der Waals surface area contributed by atoms with E-state index in [1.54, 1.807) is 0 Å². The fourth-order valence-electron chi connectivity index (χ4n) is 3.73. The fourth-order valence-corrected chi connectivity index (χ4v) is 3.73. The van der Waals surface area contributed by atoms with Crippen LogP contribution in [-0.2, 0) is 11.2 Å². The van der Waals surface area contributed by atoms with Crippen LogP contribution in [0.1, 0.15) is 50.2 Å². The van der Waals surface area contributed by atoms with Gasteiger partial charge in [-0.1, -0.05) is 38.1 Å². The minimum atomic E-state index is 0.329. The average Bonchev–Trinajstić information content (AvgIpc) is 3.08. The molecule has 2 aliphatic rings. The fraction of sp³-hybridized carbons (Fsp3) is 0.647. The zero-order valence-electron chi connectivity index (χ0n) is 12.5. The molecule has 2 aliphatic heterocycles. The Morgan fingerprint density at radius 2 is 2.00 bits per heavy atom. The highest BCUT2D eigenvalue weighted by atomic mass is 16.5. The van der Waals surface area contributed by atoms with E-state index in [1.807, 2.05) is 0 Å². The van der Waals surface area contributed by atoms with Crippen LogP contribution >= 0.6 is 0 Å². The molecule has 0 saturated carbocycles. The van der Waals surface area contributed by atoms with E-state index in [0.717, 1.165) is 6.42 Å². The Morgan fingerprint density at radius 1 is 1.25 bits per heavy atom. The smallest absolute Gasteiger partial charge is 0.0624 e. The van der Waals surface area contributed by atoms with Crippen molar-refractivity contribution >= 4 is 0 Å². The molecule has 3 heteroatoms. The van der Waals surface area contributed by atoms with Gasteiger partial charge in [0, 0.05) is 12.0 Å². The molecule has 3 nitrogen and oxygen atoms in total. The third-order valence-electron chi connectivity index (χ3n) is 4.99. The summed E-state index contributed by atoms with van der Waals surface area (Å²) >= 11 is 0. The van der Waals surface area contributed by atoms with Crippen LogP contribution in [0.5, 0.6) is 0 Å². The van der Waals surface area contributed by atoms with E-state index in [9.17, 15) is 0 Å². The zero-order chi connectivity index (χ0) is 14.1. The second-order valence-electron chi connectivity index (χ2n) is 6.65. The summed E-state index contributed by atoms with van der Waals surface area (Å²) in [5, 5.41) is 0. The van der Waals surface area contributed by atoms with Crippen LogP contribution < -0.4 is 11.3 Å². The van der Waals surface area contributed by atoms with Gasteiger partial charge < -0.3 is 4.74 Å². The van der Waals surface area contributed by atoms with Crippen LogP contribution in [0.2, 0.25) is 0 Å². The van der Waals surface area contributed by atoms with E-state index in [-0.39, 0.29) is 0 Å². The molecule has 0 amide bonds. The predicted octanol–water partition coefficient (Wildman–Crippen LogP) is 2.75. The maximum Gasteiger partial charge on any atom is 0.0624 e. The molecule has 3 rings (SSSR count). The number of ether oxygens (including phenoxy) is 1. The number of hydrogen-bond donors (Lipinski definition) is 2. The molecular weight excluding hydrogens is 248 g/mol. The first-order valence-electron chi connectivity index (χ1n) is 7.87. The monoisotopic (exact) mass is 274 g/mol. The molecule has 110 valence electrons. The molecule has 2 heterocycles. The number of nitrogens with two attached hydrogens (primary N) is 1. The second-order valence-corrected chi connectivity index (χ2v) is 6.65. The van der Waals surface area contributed by atoms with Gasteiger partial charge in [-0.15, -0.1) is 0 Å². The molecule has 0 aliphatic carbocycles. The molecule has 4 unspecified atom stereocenters. The number of hydrazine groups is 1. The maximum atomic E-state index is 5.96. The number of benzene rings is 1. The van der Waals surface area contributed by atoms with Crippen LogP contribution in [0.4, 0.5) is 0 Å². The van der Waals surface area contributed by atoms with E-state index in [0.29, 0.717) is 30.1 Å². The van der Waals surface area contributed by atoms with Crippen molar-refractivity contribution in [3.8, 4) is 0 Å². The Hall–Kier alpha value is -0.900. The summed E-state index contributed by atoms with van der Waals surface area (Å²) in [4.78, 5) is 0. The predicted molar refractivity (Wildman–Crippen MR) is 81.3 cm³/mol. The van der Waals surface area contributed by atoms with Crippen molar-refractivity contribution in [2.45, 2.75) is 63.7 Å². The number of fused-ring (bicyclic) bond motifs is 2. The van der Waals surface area contributed by atoms with Gasteiger partial charge in [0.25, 0.3) is 0 Å². The topological polar surface area (TPSA) is 47.3 Å². The molecule has 0 spiro atoms. The highest BCUT2D eigenvalue weighted by Gasteiger charge is 2.43. The van der Waals surface area contributed by atoms with Crippen LogP contribution in [0.25, 0.3) is 0 Å². The van der Waals surface area contributed by atoms with Crippen molar-refractivity contribution in [1.82, 2.24) is 5.43 Å².